The highest BCUT2D eigenvalue weighted by Gasteiger charge is 2.15. The van der Waals surface area contributed by atoms with Crippen molar-refractivity contribution in [3.63, 3.8) is 0 Å². The fourth-order valence-corrected chi connectivity index (χ4v) is 1.74. The largest absolute Gasteiger partial charge is 0.463 e. The van der Waals surface area contributed by atoms with Crippen molar-refractivity contribution in [3.8, 4) is 0 Å². The molecule has 0 aliphatic rings. The Hall–Kier alpha value is -2.01. The number of methoxy groups -OCH3 is 1. The molecular weight excluding hydrogens is 273 g/mol. The van der Waals surface area contributed by atoms with Gasteiger partial charge in [-0.1, -0.05) is 11.6 Å². The first kappa shape index (κ1) is 13.4. The average molecular weight is 284 g/mol. The number of nitrogens with one attached hydrogen (secondary N) is 1. The number of hydrogen-bond acceptors (Lipinski definition) is 4. The Morgan fingerprint density at radius 1 is 1.47 bits per heavy atom. The summed E-state index contributed by atoms with van der Waals surface area (Å²) in [6.45, 7) is 0.220. The number of rotatable bonds is 4. The standard InChI is InChI=1S/C13H11ClFNO3/c1-18-13(17)12-8(4-5-19-12)7-16-11-6-9(14)2-3-10(11)15/h2-6,16H,7H2,1H3. The van der Waals surface area contributed by atoms with Gasteiger partial charge in [-0.2, -0.15) is 0 Å². The number of anilines is 1. The third-order valence-electron chi connectivity index (χ3n) is 2.52. The Balaban J connectivity index is 2.13. The lowest BCUT2D eigenvalue weighted by atomic mass is 10.2. The third-order valence-corrected chi connectivity index (χ3v) is 2.75. The van der Waals surface area contributed by atoms with E-state index in [1.165, 1.54) is 31.6 Å². The highest BCUT2D eigenvalue weighted by atomic mass is 35.5. The second-order valence-electron chi connectivity index (χ2n) is 3.74. The van der Waals surface area contributed by atoms with Gasteiger partial charge in [-0.25, -0.2) is 9.18 Å². The Kier molecular flexibility index (Phi) is 4.06. The summed E-state index contributed by atoms with van der Waals surface area (Å²) in [5.41, 5.74) is 0.829. The molecule has 19 heavy (non-hydrogen) atoms. The normalized spacial score (nSPS) is 10.3. The zero-order valence-electron chi connectivity index (χ0n) is 10.1. The summed E-state index contributed by atoms with van der Waals surface area (Å²) in [6.07, 6.45) is 1.37. The zero-order chi connectivity index (χ0) is 13.8. The van der Waals surface area contributed by atoms with Crippen molar-refractivity contribution in [1.82, 2.24) is 0 Å². The van der Waals surface area contributed by atoms with Gasteiger partial charge in [-0.05, 0) is 24.3 Å². The van der Waals surface area contributed by atoms with Crippen molar-refractivity contribution in [3.05, 3.63) is 52.7 Å². The van der Waals surface area contributed by atoms with Gasteiger partial charge in [-0.3, -0.25) is 0 Å². The molecule has 6 heteroatoms. The van der Waals surface area contributed by atoms with Gasteiger partial charge >= 0.3 is 5.97 Å². The number of benzene rings is 1. The Morgan fingerprint density at radius 2 is 2.26 bits per heavy atom. The number of furan rings is 1. The third kappa shape index (κ3) is 3.06. The van der Waals surface area contributed by atoms with Gasteiger partial charge in [-0.15, -0.1) is 0 Å². The molecule has 0 spiro atoms. The quantitative estimate of drug-likeness (QED) is 0.873. The van der Waals surface area contributed by atoms with Crippen molar-refractivity contribution in [2.24, 2.45) is 0 Å². The van der Waals surface area contributed by atoms with Crippen LogP contribution in [0.2, 0.25) is 5.02 Å². The van der Waals surface area contributed by atoms with Crippen molar-refractivity contribution in [2.45, 2.75) is 6.54 Å². The van der Waals surface area contributed by atoms with E-state index >= 15 is 0 Å². The molecule has 0 fully saturated rings. The number of halogens is 2. The van der Waals surface area contributed by atoms with Gasteiger partial charge < -0.3 is 14.5 Å². The van der Waals surface area contributed by atoms with Crippen LogP contribution in [0.4, 0.5) is 10.1 Å². The van der Waals surface area contributed by atoms with Crippen LogP contribution in [0.1, 0.15) is 16.1 Å². The molecule has 2 aromatic rings. The second-order valence-corrected chi connectivity index (χ2v) is 4.18. The fourth-order valence-electron chi connectivity index (χ4n) is 1.57. The lowest BCUT2D eigenvalue weighted by Gasteiger charge is -2.07. The summed E-state index contributed by atoms with van der Waals surface area (Å²) in [5, 5.41) is 3.27. The Labute approximate surface area is 114 Å². The molecule has 0 unspecified atom stereocenters. The molecule has 0 atom stereocenters. The van der Waals surface area contributed by atoms with E-state index in [9.17, 15) is 9.18 Å². The predicted molar refractivity (Wildman–Crippen MR) is 68.8 cm³/mol. The van der Waals surface area contributed by atoms with Crippen molar-refractivity contribution < 1.29 is 18.3 Å². The monoisotopic (exact) mass is 283 g/mol. The van der Waals surface area contributed by atoms with Crippen LogP contribution in [0.25, 0.3) is 0 Å². The molecule has 1 aromatic carbocycles. The van der Waals surface area contributed by atoms with Gasteiger partial charge in [0.05, 0.1) is 19.1 Å². The van der Waals surface area contributed by atoms with Crippen LogP contribution in [-0.4, -0.2) is 13.1 Å². The van der Waals surface area contributed by atoms with Gasteiger partial charge in [0.2, 0.25) is 5.76 Å². The first-order valence-corrected chi connectivity index (χ1v) is 5.83. The molecule has 0 aliphatic heterocycles. The summed E-state index contributed by atoms with van der Waals surface area (Å²) in [6, 6.07) is 5.80. The molecule has 1 N–H and O–H groups in total. The topological polar surface area (TPSA) is 51.5 Å². The minimum atomic E-state index is -0.576. The smallest absolute Gasteiger partial charge is 0.374 e. The van der Waals surface area contributed by atoms with Crippen LogP contribution >= 0.6 is 11.6 Å². The van der Waals surface area contributed by atoms with Crippen LogP contribution in [0, 0.1) is 5.82 Å². The molecular formula is C13H11ClFNO3. The molecule has 1 aromatic heterocycles. The van der Waals surface area contributed by atoms with Crippen LogP contribution < -0.4 is 5.32 Å². The maximum atomic E-state index is 13.5. The lowest BCUT2D eigenvalue weighted by molar-refractivity contribution is 0.0563. The molecule has 0 saturated heterocycles. The maximum Gasteiger partial charge on any atom is 0.374 e. The van der Waals surface area contributed by atoms with E-state index in [4.69, 9.17) is 16.0 Å². The van der Waals surface area contributed by atoms with Crippen molar-refractivity contribution >= 4 is 23.3 Å². The summed E-state index contributed by atoms with van der Waals surface area (Å²) in [5.74, 6) is -0.904. The first-order chi connectivity index (χ1) is 9.11. The predicted octanol–water partition coefficient (Wildman–Crippen LogP) is 3.47. The van der Waals surface area contributed by atoms with E-state index in [-0.39, 0.29) is 18.0 Å². The molecule has 1 heterocycles. The SMILES string of the molecule is COC(=O)c1occc1CNc1cc(Cl)ccc1F. The van der Waals surface area contributed by atoms with E-state index < -0.39 is 11.8 Å². The van der Waals surface area contributed by atoms with Crippen LogP contribution in [0.5, 0.6) is 0 Å². The minimum Gasteiger partial charge on any atom is -0.463 e. The molecule has 0 bridgehead atoms. The number of carbonyl (C=O) groups is 1. The number of hydrogen-bond donors (Lipinski definition) is 1. The maximum absolute atomic E-state index is 13.5. The van der Waals surface area contributed by atoms with Gasteiger partial charge in [0.25, 0.3) is 0 Å². The summed E-state index contributed by atoms with van der Waals surface area (Å²) in [7, 11) is 1.26. The molecule has 4 nitrogen and oxygen atoms in total. The highest BCUT2D eigenvalue weighted by molar-refractivity contribution is 6.30. The van der Waals surface area contributed by atoms with Crippen LogP contribution in [0.15, 0.2) is 34.9 Å². The first-order valence-electron chi connectivity index (χ1n) is 5.45. The van der Waals surface area contributed by atoms with E-state index in [0.717, 1.165) is 0 Å². The number of carbonyl (C=O) groups excluding carboxylic acids is 1. The summed E-state index contributed by atoms with van der Waals surface area (Å²) >= 11 is 5.78. The fraction of sp³-hybridized carbons (Fsp3) is 0.154. The molecule has 0 aliphatic carbocycles. The molecule has 0 radical (unpaired) electrons. The lowest BCUT2D eigenvalue weighted by Crippen LogP contribution is -2.07. The molecule has 100 valence electrons. The van der Waals surface area contributed by atoms with Gasteiger partial charge in [0, 0.05) is 17.1 Å². The van der Waals surface area contributed by atoms with E-state index in [1.807, 2.05) is 0 Å². The zero-order valence-corrected chi connectivity index (χ0v) is 10.8. The molecule has 0 amide bonds. The van der Waals surface area contributed by atoms with Crippen molar-refractivity contribution in [2.75, 3.05) is 12.4 Å². The number of ether oxygens (including phenoxy) is 1. The van der Waals surface area contributed by atoms with E-state index in [1.54, 1.807) is 6.07 Å². The van der Waals surface area contributed by atoms with Gasteiger partial charge in [0.1, 0.15) is 5.82 Å². The molecule has 0 saturated carbocycles. The Bertz CT molecular complexity index is 597. The van der Waals surface area contributed by atoms with Gasteiger partial charge in [0.15, 0.2) is 0 Å². The van der Waals surface area contributed by atoms with Crippen LogP contribution in [0.3, 0.4) is 0 Å². The highest BCUT2D eigenvalue weighted by Crippen LogP contribution is 2.21. The minimum absolute atomic E-state index is 0.0948. The average Bonchev–Trinajstić information content (AvgIpc) is 2.87. The Morgan fingerprint density at radius 3 is 3.00 bits per heavy atom. The summed E-state index contributed by atoms with van der Waals surface area (Å²) in [4.78, 5) is 11.4. The van der Waals surface area contributed by atoms with E-state index in [2.05, 4.69) is 10.1 Å². The summed E-state index contributed by atoms with van der Waals surface area (Å²) < 4.78 is 23.1. The van der Waals surface area contributed by atoms with Crippen LogP contribution in [-0.2, 0) is 11.3 Å². The molecule has 2 rings (SSSR count). The van der Waals surface area contributed by atoms with E-state index in [0.29, 0.717) is 10.6 Å². The van der Waals surface area contributed by atoms with Crippen molar-refractivity contribution in [1.29, 1.82) is 0 Å². The second kappa shape index (κ2) is 5.75. The number of esters is 1.